The van der Waals surface area contributed by atoms with E-state index in [1.807, 2.05) is 24.4 Å². The SMILES string of the molecule is O=C(NC[C@H]1Cn2c(-c3ccc4c(c3)OCO4)cnc2CO1)C1CCCC1. The number of rotatable bonds is 4. The Kier molecular flexibility index (Phi) is 4.24. The second kappa shape index (κ2) is 6.88. The zero-order chi connectivity index (χ0) is 18.2. The number of hydrogen-bond acceptors (Lipinski definition) is 5. The summed E-state index contributed by atoms with van der Waals surface area (Å²) in [6.45, 7) is 1.92. The van der Waals surface area contributed by atoms with E-state index in [1.54, 1.807) is 0 Å². The fourth-order valence-electron chi connectivity index (χ4n) is 4.14. The number of fused-ring (bicyclic) bond motifs is 2. The molecule has 1 aromatic carbocycles. The van der Waals surface area contributed by atoms with E-state index >= 15 is 0 Å². The summed E-state index contributed by atoms with van der Waals surface area (Å²) in [6.07, 6.45) is 6.17. The van der Waals surface area contributed by atoms with Crippen molar-refractivity contribution in [1.82, 2.24) is 14.9 Å². The van der Waals surface area contributed by atoms with Crippen LogP contribution < -0.4 is 14.8 Å². The predicted octanol–water partition coefficient (Wildman–Crippen LogP) is 2.48. The fourth-order valence-corrected chi connectivity index (χ4v) is 4.14. The molecule has 3 aliphatic rings. The van der Waals surface area contributed by atoms with Crippen LogP contribution in [0.4, 0.5) is 0 Å². The Bertz CT molecular complexity index is 857. The van der Waals surface area contributed by atoms with Crippen molar-refractivity contribution in [2.45, 2.75) is 44.9 Å². The van der Waals surface area contributed by atoms with E-state index in [2.05, 4.69) is 14.9 Å². The van der Waals surface area contributed by atoms with Gasteiger partial charge < -0.3 is 24.1 Å². The molecular weight excluding hydrogens is 346 g/mol. The topological polar surface area (TPSA) is 74.6 Å². The first-order valence-corrected chi connectivity index (χ1v) is 9.61. The average Bonchev–Trinajstić information content (AvgIpc) is 3.45. The third kappa shape index (κ3) is 3.16. The Morgan fingerprint density at radius 3 is 2.96 bits per heavy atom. The molecule has 7 heteroatoms. The number of carbonyl (C=O) groups is 1. The average molecular weight is 369 g/mol. The third-order valence-electron chi connectivity index (χ3n) is 5.67. The highest BCUT2D eigenvalue weighted by Crippen LogP contribution is 2.36. The number of aromatic nitrogens is 2. The predicted molar refractivity (Wildman–Crippen MR) is 97.3 cm³/mol. The van der Waals surface area contributed by atoms with Crippen LogP contribution in [0.15, 0.2) is 24.4 Å². The zero-order valence-electron chi connectivity index (χ0n) is 15.1. The van der Waals surface area contributed by atoms with E-state index in [1.165, 1.54) is 0 Å². The normalized spacial score (nSPS) is 21.3. The molecule has 27 heavy (non-hydrogen) atoms. The second-order valence-electron chi connectivity index (χ2n) is 7.40. The number of amides is 1. The third-order valence-corrected chi connectivity index (χ3v) is 5.67. The minimum atomic E-state index is -0.0511. The van der Waals surface area contributed by atoms with Crippen LogP contribution in [0.1, 0.15) is 31.5 Å². The maximum atomic E-state index is 12.3. The minimum absolute atomic E-state index is 0.0511. The molecule has 2 aliphatic heterocycles. The molecule has 1 N–H and O–H groups in total. The molecule has 3 heterocycles. The molecule has 1 atom stereocenters. The fraction of sp³-hybridized carbons (Fsp3) is 0.500. The lowest BCUT2D eigenvalue weighted by atomic mass is 10.1. The molecule has 0 unspecified atom stereocenters. The molecular formula is C20H23N3O4. The van der Waals surface area contributed by atoms with Gasteiger partial charge >= 0.3 is 0 Å². The first-order chi connectivity index (χ1) is 13.3. The Labute approximate surface area is 157 Å². The van der Waals surface area contributed by atoms with Crippen LogP contribution in [0.5, 0.6) is 11.5 Å². The number of ether oxygens (including phenoxy) is 3. The number of nitrogens with one attached hydrogen (secondary N) is 1. The van der Waals surface area contributed by atoms with Gasteiger partial charge in [-0.15, -0.1) is 0 Å². The van der Waals surface area contributed by atoms with Crippen molar-refractivity contribution in [2.75, 3.05) is 13.3 Å². The smallest absolute Gasteiger partial charge is 0.231 e. The summed E-state index contributed by atoms with van der Waals surface area (Å²) in [5.41, 5.74) is 2.06. The van der Waals surface area contributed by atoms with Gasteiger partial charge in [0, 0.05) is 18.0 Å². The molecule has 0 saturated heterocycles. The van der Waals surface area contributed by atoms with Crippen LogP contribution >= 0.6 is 0 Å². The molecule has 2 aromatic rings. The van der Waals surface area contributed by atoms with E-state index < -0.39 is 0 Å². The van der Waals surface area contributed by atoms with Gasteiger partial charge in [0.1, 0.15) is 12.4 Å². The Morgan fingerprint density at radius 1 is 1.22 bits per heavy atom. The molecule has 1 fully saturated rings. The maximum Gasteiger partial charge on any atom is 0.231 e. The molecule has 1 amide bonds. The lowest BCUT2D eigenvalue weighted by Gasteiger charge is -2.26. The zero-order valence-corrected chi connectivity index (χ0v) is 15.1. The van der Waals surface area contributed by atoms with Crippen LogP contribution in [-0.4, -0.2) is 34.9 Å². The summed E-state index contributed by atoms with van der Waals surface area (Å²) in [7, 11) is 0. The molecule has 1 aromatic heterocycles. The summed E-state index contributed by atoms with van der Waals surface area (Å²) in [6, 6.07) is 5.93. The maximum absolute atomic E-state index is 12.3. The Morgan fingerprint density at radius 2 is 2.07 bits per heavy atom. The highest BCUT2D eigenvalue weighted by molar-refractivity contribution is 5.78. The first kappa shape index (κ1) is 16.6. The van der Waals surface area contributed by atoms with Gasteiger partial charge in [-0.3, -0.25) is 4.79 Å². The van der Waals surface area contributed by atoms with Gasteiger partial charge in [0.05, 0.1) is 24.5 Å². The summed E-state index contributed by atoms with van der Waals surface area (Å²) in [5.74, 6) is 2.79. The minimum Gasteiger partial charge on any atom is -0.454 e. The van der Waals surface area contributed by atoms with E-state index in [4.69, 9.17) is 14.2 Å². The second-order valence-corrected chi connectivity index (χ2v) is 7.40. The number of carbonyl (C=O) groups excluding carboxylic acids is 1. The molecule has 142 valence electrons. The van der Waals surface area contributed by atoms with Crippen molar-refractivity contribution in [3.05, 3.63) is 30.2 Å². The molecule has 0 bridgehead atoms. The largest absolute Gasteiger partial charge is 0.454 e. The lowest BCUT2D eigenvalue weighted by Crippen LogP contribution is -2.40. The number of hydrogen-bond donors (Lipinski definition) is 1. The molecule has 0 spiro atoms. The van der Waals surface area contributed by atoms with Crippen molar-refractivity contribution in [1.29, 1.82) is 0 Å². The van der Waals surface area contributed by atoms with Crippen molar-refractivity contribution in [3.63, 3.8) is 0 Å². The summed E-state index contributed by atoms with van der Waals surface area (Å²) >= 11 is 0. The summed E-state index contributed by atoms with van der Waals surface area (Å²) in [4.78, 5) is 16.8. The van der Waals surface area contributed by atoms with Gasteiger partial charge in [-0.25, -0.2) is 4.98 Å². The Hall–Kier alpha value is -2.54. The molecule has 5 rings (SSSR count). The van der Waals surface area contributed by atoms with E-state index in [0.29, 0.717) is 19.7 Å². The summed E-state index contributed by atoms with van der Waals surface area (Å²) < 4.78 is 19.0. The lowest BCUT2D eigenvalue weighted by molar-refractivity contribution is -0.125. The van der Waals surface area contributed by atoms with Crippen LogP contribution in [-0.2, 0) is 22.7 Å². The number of nitrogens with zero attached hydrogens (tertiary/aromatic N) is 2. The standard InChI is InChI=1S/C20H23N3O4/c24-20(13-3-1-2-4-13)22-8-15-10-23-16(9-21-19(23)11-25-15)14-5-6-17-18(7-14)27-12-26-17/h5-7,9,13,15H,1-4,8,10-12H2,(H,22,24)/t15-/m0/s1. The van der Waals surface area contributed by atoms with Gasteiger partial charge in [0.2, 0.25) is 12.7 Å². The summed E-state index contributed by atoms with van der Waals surface area (Å²) in [5, 5.41) is 3.08. The number of benzene rings is 1. The van der Waals surface area contributed by atoms with Gasteiger partial charge in [-0.1, -0.05) is 12.8 Å². The van der Waals surface area contributed by atoms with Crippen molar-refractivity contribution < 1.29 is 19.0 Å². The van der Waals surface area contributed by atoms with E-state index in [-0.39, 0.29) is 24.7 Å². The molecule has 7 nitrogen and oxygen atoms in total. The van der Waals surface area contributed by atoms with Crippen molar-refractivity contribution in [3.8, 4) is 22.8 Å². The molecule has 1 saturated carbocycles. The Balaban J connectivity index is 1.29. The van der Waals surface area contributed by atoms with E-state index in [9.17, 15) is 4.79 Å². The van der Waals surface area contributed by atoms with Gasteiger partial charge in [0.15, 0.2) is 11.5 Å². The highest BCUT2D eigenvalue weighted by Gasteiger charge is 2.26. The van der Waals surface area contributed by atoms with Crippen molar-refractivity contribution >= 4 is 5.91 Å². The first-order valence-electron chi connectivity index (χ1n) is 9.61. The monoisotopic (exact) mass is 369 g/mol. The van der Waals surface area contributed by atoms with Crippen molar-refractivity contribution in [2.24, 2.45) is 5.92 Å². The molecule has 0 radical (unpaired) electrons. The quantitative estimate of drug-likeness (QED) is 0.896. The van der Waals surface area contributed by atoms with Crippen LogP contribution in [0.3, 0.4) is 0 Å². The van der Waals surface area contributed by atoms with Crippen LogP contribution in [0.25, 0.3) is 11.3 Å². The van der Waals surface area contributed by atoms with E-state index in [0.717, 1.165) is 54.3 Å². The number of imidazole rings is 1. The van der Waals surface area contributed by atoms with Crippen LogP contribution in [0.2, 0.25) is 0 Å². The van der Waals surface area contributed by atoms with Gasteiger partial charge in [0.25, 0.3) is 0 Å². The van der Waals surface area contributed by atoms with Gasteiger partial charge in [-0.2, -0.15) is 0 Å². The highest BCUT2D eigenvalue weighted by atomic mass is 16.7. The van der Waals surface area contributed by atoms with Crippen LogP contribution in [0, 0.1) is 5.92 Å². The molecule has 1 aliphatic carbocycles. The van der Waals surface area contributed by atoms with Gasteiger partial charge in [-0.05, 0) is 31.0 Å².